The predicted molar refractivity (Wildman–Crippen MR) is 36.7 cm³/mol. The molecule has 0 saturated carbocycles. The van der Waals surface area contributed by atoms with Crippen molar-refractivity contribution < 1.29 is 20.1 Å². The Bertz CT molecular complexity index is 106. The number of halogens is 1. The van der Waals surface area contributed by atoms with E-state index in [1.165, 1.54) is 0 Å². The number of aliphatic hydroxyl groups is 3. The van der Waals surface area contributed by atoms with E-state index in [0.717, 1.165) is 0 Å². The van der Waals surface area contributed by atoms with Crippen molar-refractivity contribution in [3.8, 4) is 0 Å². The zero-order valence-corrected chi connectivity index (χ0v) is 6.73. The average molecular weight is 213 g/mol. The molecule has 1 aliphatic heterocycles. The van der Waals surface area contributed by atoms with Crippen molar-refractivity contribution in [1.82, 2.24) is 0 Å². The minimum absolute atomic E-state index is 0.0497. The molecule has 0 aromatic heterocycles. The van der Waals surface area contributed by atoms with Gasteiger partial charge in [-0.25, -0.2) is 0 Å². The Morgan fingerprint density at radius 2 is 1.80 bits per heavy atom. The lowest BCUT2D eigenvalue weighted by Gasteiger charge is -2.31. The van der Waals surface area contributed by atoms with Gasteiger partial charge in [0.25, 0.3) is 0 Å². The summed E-state index contributed by atoms with van der Waals surface area (Å²) in [5, 5.41) is 26.4. The standard InChI is InChI=1S/C5H9BrO4/c6-5-4(9)3(8)2(7)1-10-5/h2-5,7-9H,1H2/t2-,3-,4+,5-/m1/s1. The Morgan fingerprint density at radius 1 is 1.20 bits per heavy atom. The largest absolute Gasteiger partial charge is 0.388 e. The SMILES string of the molecule is O[C@H]1[C@H](O)[C@H](Br)OC[C@H]1O. The van der Waals surface area contributed by atoms with Crippen molar-refractivity contribution in [1.29, 1.82) is 0 Å². The van der Waals surface area contributed by atoms with Gasteiger partial charge < -0.3 is 20.1 Å². The van der Waals surface area contributed by atoms with Crippen molar-refractivity contribution in [2.24, 2.45) is 0 Å². The smallest absolute Gasteiger partial charge is 0.141 e. The van der Waals surface area contributed by atoms with Gasteiger partial charge in [0, 0.05) is 0 Å². The van der Waals surface area contributed by atoms with Crippen LogP contribution in [0, 0.1) is 0 Å². The fourth-order valence-corrected chi connectivity index (χ4v) is 1.24. The molecule has 0 aromatic rings. The van der Waals surface area contributed by atoms with Crippen LogP contribution in [-0.4, -0.2) is 45.3 Å². The molecule has 5 heteroatoms. The minimum Gasteiger partial charge on any atom is -0.388 e. The van der Waals surface area contributed by atoms with Crippen LogP contribution >= 0.6 is 15.9 Å². The first-order valence-electron chi connectivity index (χ1n) is 2.93. The van der Waals surface area contributed by atoms with Gasteiger partial charge in [-0.1, -0.05) is 15.9 Å². The summed E-state index contributed by atoms with van der Waals surface area (Å²) >= 11 is 2.98. The molecular weight excluding hydrogens is 204 g/mol. The van der Waals surface area contributed by atoms with Crippen molar-refractivity contribution in [2.75, 3.05) is 6.61 Å². The highest BCUT2D eigenvalue weighted by molar-refractivity contribution is 9.09. The molecule has 1 heterocycles. The first-order chi connectivity index (χ1) is 4.63. The second kappa shape index (κ2) is 3.15. The summed E-state index contributed by atoms with van der Waals surface area (Å²) in [7, 11) is 0. The Kier molecular flexibility index (Phi) is 2.65. The highest BCUT2D eigenvalue weighted by Crippen LogP contribution is 2.19. The maximum Gasteiger partial charge on any atom is 0.141 e. The van der Waals surface area contributed by atoms with E-state index in [4.69, 9.17) is 20.1 Å². The third-order valence-corrected chi connectivity index (χ3v) is 2.24. The fraction of sp³-hybridized carbons (Fsp3) is 1.00. The van der Waals surface area contributed by atoms with E-state index in [1.54, 1.807) is 0 Å². The van der Waals surface area contributed by atoms with Crippen LogP contribution in [0.4, 0.5) is 0 Å². The normalized spacial score (nSPS) is 49.2. The summed E-state index contributed by atoms with van der Waals surface area (Å²) in [6, 6.07) is 0. The molecule has 0 unspecified atom stereocenters. The Balaban J connectivity index is 2.52. The molecular formula is C5H9BrO4. The second-order valence-electron chi connectivity index (χ2n) is 2.23. The van der Waals surface area contributed by atoms with Crippen LogP contribution in [-0.2, 0) is 4.74 Å². The summed E-state index contributed by atoms with van der Waals surface area (Å²) in [6.45, 7) is 0.0497. The van der Waals surface area contributed by atoms with E-state index >= 15 is 0 Å². The van der Waals surface area contributed by atoms with Crippen LogP contribution in [0.1, 0.15) is 0 Å². The van der Waals surface area contributed by atoms with Gasteiger partial charge in [-0.15, -0.1) is 0 Å². The highest BCUT2D eigenvalue weighted by atomic mass is 79.9. The first kappa shape index (κ1) is 8.42. The molecule has 60 valence electrons. The Hall–Kier alpha value is 0.320. The zero-order valence-electron chi connectivity index (χ0n) is 5.14. The van der Waals surface area contributed by atoms with E-state index < -0.39 is 23.3 Å². The molecule has 1 rings (SSSR count). The molecule has 4 atom stereocenters. The zero-order chi connectivity index (χ0) is 7.72. The lowest BCUT2D eigenvalue weighted by molar-refractivity contribution is -0.159. The van der Waals surface area contributed by atoms with Crippen LogP contribution in [0.25, 0.3) is 0 Å². The van der Waals surface area contributed by atoms with Gasteiger partial charge in [-0.3, -0.25) is 0 Å². The van der Waals surface area contributed by atoms with Gasteiger partial charge >= 0.3 is 0 Å². The molecule has 0 aliphatic carbocycles. The Labute approximate surface area is 66.6 Å². The van der Waals surface area contributed by atoms with E-state index in [9.17, 15) is 0 Å². The number of aliphatic hydroxyl groups excluding tert-OH is 3. The van der Waals surface area contributed by atoms with Crippen LogP contribution in [0.15, 0.2) is 0 Å². The monoisotopic (exact) mass is 212 g/mol. The lowest BCUT2D eigenvalue weighted by Crippen LogP contribution is -2.50. The van der Waals surface area contributed by atoms with E-state index in [1.807, 2.05) is 0 Å². The second-order valence-corrected chi connectivity index (χ2v) is 3.14. The van der Waals surface area contributed by atoms with Crippen LogP contribution in [0.3, 0.4) is 0 Å². The van der Waals surface area contributed by atoms with Gasteiger partial charge in [-0.2, -0.15) is 0 Å². The van der Waals surface area contributed by atoms with Crippen molar-refractivity contribution >= 4 is 15.9 Å². The van der Waals surface area contributed by atoms with Gasteiger partial charge in [0.1, 0.15) is 23.3 Å². The van der Waals surface area contributed by atoms with Gasteiger partial charge in [0.15, 0.2) is 0 Å². The van der Waals surface area contributed by atoms with Crippen molar-refractivity contribution in [3.05, 3.63) is 0 Å². The fourth-order valence-electron chi connectivity index (χ4n) is 0.770. The van der Waals surface area contributed by atoms with Gasteiger partial charge in [-0.05, 0) is 0 Å². The topological polar surface area (TPSA) is 69.9 Å². The molecule has 0 bridgehead atoms. The summed E-state index contributed by atoms with van der Waals surface area (Å²) < 4.78 is 4.83. The summed E-state index contributed by atoms with van der Waals surface area (Å²) in [5.41, 5.74) is 0. The number of alkyl halides is 1. The molecule has 0 spiro atoms. The van der Waals surface area contributed by atoms with E-state index in [0.29, 0.717) is 0 Å². The lowest BCUT2D eigenvalue weighted by atomic mass is 10.1. The van der Waals surface area contributed by atoms with Gasteiger partial charge in [0.2, 0.25) is 0 Å². The third-order valence-electron chi connectivity index (χ3n) is 1.44. The summed E-state index contributed by atoms with van der Waals surface area (Å²) in [6.07, 6.45) is -3.15. The molecule has 1 fully saturated rings. The van der Waals surface area contributed by atoms with E-state index in [2.05, 4.69) is 15.9 Å². The first-order valence-corrected chi connectivity index (χ1v) is 3.84. The molecule has 0 aromatic carbocycles. The molecule has 1 aliphatic rings. The highest BCUT2D eigenvalue weighted by Gasteiger charge is 2.35. The van der Waals surface area contributed by atoms with Crippen molar-refractivity contribution in [3.63, 3.8) is 0 Å². The molecule has 10 heavy (non-hydrogen) atoms. The molecule has 4 nitrogen and oxygen atoms in total. The average Bonchev–Trinajstić information content (AvgIpc) is 1.93. The van der Waals surface area contributed by atoms with Crippen LogP contribution in [0.5, 0.6) is 0 Å². The summed E-state index contributed by atoms with van der Waals surface area (Å²) in [5.74, 6) is 0. The summed E-state index contributed by atoms with van der Waals surface area (Å²) in [4.78, 5) is 0. The van der Waals surface area contributed by atoms with Crippen molar-refractivity contribution in [2.45, 2.75) is 23.3 Å². The molecule has 0 amide bonds. The van der Waals surface area contributed by atoms with Gasteiger partial charge in [0.05, 0.1) is 6.61 Å². The Morgan fingerprint density at radius 3 is 2.30 bits per heavy atom. The maximum atomic E-state index is 9.03. The maximum absolute atomic E-state index is 9.03. The number of ether oxygens (including phenoxy) is 1. The van der Waals surface area contributed by atoms with Crippen LogP contribution < -0.4 is 0 Å². The molecule has 3 N–H and O–H groups in total. The predicted octanol–water partition coefficient (Wildman–Crippen LogP) is -1.18. The number of rotatable bonds is 0. The number of hydrogen-bond donors (Lipinski definition) is 3. The van der Waals surface area contributed by atoms with E-state index in [-0.39, 0.29) is 6.61 Å². The molecule has 0 radical (unpaired) electrons. The third kappa shape index (κ3) is 1.49. The quantitative estimate of drug-likeness (QED) is 0.443. The molecule has 1 saturated heterocycles. The van der Waals surface area contributed by atoms with Crippen LogP contribution in [0.2, 0.25) is 0 Å². The minimum atomic E-state index is -1.11. The number of hydrogen-bond acceptors (Lipinski definition) is 4.